The van der Waals surface area contributed by atoms with Crippen LogP contribution in [0.5, 0.6) is 0 Å². The molecule has 70 valence electrons. The summed E-state index contributed by atoms with van der Waals surface area (Å²) in [6, 6.07) is 9.71. The number of nitrogens with one attached hydrogen (secondary N) is 2. The number of hydrogen-bond acceptors (Lipinski definition) is 5. The van der Waals surface area contributed by atoms with E-state index < -0.39 is 0 Å². The Labute approximate surface area is 81.2 Å². The Hall–Kier alpha value is -2.17. The molecule has 0 aliphatic heterocycles. The Morgan fingerprint density at radius 2 is 1.57 bits per heavy atom. The number of para-hydroxylation sites is 1. The molecule has 5 nitrogen and oxygen atoms in total. The summed E-state index contributed by atoms with van der Waals surface area (Å²) in [6.45, 7) is 0. The van der Waals surface area contributed by atoms with Crippen LogP contribution in [0.3, 0.4) is 0 Å². The highest BCUT2D eigenvalue weighted by atomic mass is 15.4. The third kappa shape index (κ3) is 2.16. The Bertz CT molecular complexity index is 335. The maximum atomic E-state index is 3.90. The van der Waals surface area contributed by atoms with Crippen molar-refractivity contribution < 1.29 is 0 Å². The molecule has 1 aromatic carbocycles. The summed E-state index contributed by atoms with van der Waals surface area (Å²) in [5, 5.41) is 0. The first kappa shape index (κ1) is 8.43. The molecule has 2 aromatic rings. The van der Waals surface area contributed by atoms with Gasteiger partial charge in [0.2, 0.25) is 5.95 Å². The van der Waals surface area contributed by atoms with Crippen LogP contribution in [0.4, 0.5) is 11.6 Å². The number of nitrogens with zero attached hydrogens (tertiary/aromatic N) is 3. The molecule has 0 atom stereocenters. The molecule has 0 radical (unpaired) electrons. The number of rotatable bonds is 3. The van der Waals surface area contributed by atoms with Gasteiger partial charge in [-0.3, -0.25) is 10.9 Å². The van der Waals surface area contributed by atoms with Crippen molar-refractivity contribution in [3.8, 4) is 0 Å². The van der Waals surface area contributed by atoms with E-state index in [-0.39, 0.29) is 0 Å². The molecule has 2 rings (SSSR count). The van der Waals surface area contributed by atoms with Crippen molar-refractivity contribution in [2.75, 3.05) is 10.9 Å². The summed E-state index contributed by atoms with van der Waals surface area (Å²) in [5.41, 5.74) is 6.76. The van der Waals surface area contributed by atoms with Crippen molar-refractivity contribution in [2.45, 2.75) is 0 Å². The van der Waals surface area contributed by atoms with E-state index in [1.54, 1.807) is 0 Å². The van der Waals surface area contributed by atoms with Crippen molar-refractivity contribution in [1.82, 2.24) is 15.0 Å². The first-order valence-electron chi connectivity index (χ1n) is 4.14. The third-order valence-electron chi connectivity index (χ3n) is 1.59. The average molecular weight is 187 g/mol. The number of anilines is 2. The van der Waals surface area contributed by atoms with Crippen LogP contribution in [-0.4, -0.2) is 15.0 Å². The van der Waals surface area contributed by atoms with Crippen LogP contribution in [0.15, 0.2) is 43.0 Å². The van der Waals surface area contributed by atoms with Gasteiger partial charge in [-0.1, -0.05) is 18.2 Å². The van der Waals surface area contributed by atoms with Crippen LogP contribution in [0.1, 0.15) is 0 Å². The summed E-state index contributed by atoms with van der Waals surface area (Å²) in [4.78, 5) is 11.5. The minimum atomic E-state index is 0.490. The second-order valence-electron chi connectivity index (χ2n) is 2.58. The van der Waals surface area contributed by atoms with Gasteiger partial charge < -0.3 is 0 Å². The van der Waals surface area contributed by atoms with E-state index in [0.29, 0.717) is 5.95 Å². The fourth-order valence-electron chi connectivity index (χ4n) is 0.953. The summed E-state index contributed by atoms with van der Waals surface area (Å²) in [7, 11) is 0. The zero-order valence-corrected chi connectivity index (χ0v) is 7.38. The van der Waals surface area contributed by atoms with Crippen molar-refractivity contribution in [3.05, 3.63) is 43.0 Å². The van der Waals surface area contributed by atoms with E-state index >= 15 is 0 Å². The molecule has 0 saturated heterocycles. The summed E-state index contributed by atoms with van der Waals surface area (Å²) in [6.07, 6.45) is 2.87. The standard InChI is InChI=1S/C9H9N5/c1-2-4-8(5-3-1)13-14-9-11-6-10-7-12-9/h1-7,13H,(H,10,11,12,14). The quantitative estimate of drug-likeness (QED) is 0.709. The van der Waals surface area contributed by atoms with E-state index in [1.807, 2.05) is 30.3 Å². The van der Waals surface area contributed by atoms with Gasteiger partial charge in [0, 0.05) is 0 Å². The lowest BCUT2D eigenvalue weighted by Crippen LogP contribution is -2.11. The molecule has 14 heavy (non-hydrogen) atoms. The fraction of sp³-hybridized carbons (Fsp3) is 0. The van der Waals surface area contributed by atoms with Crippen molar-refractivity contribution >= 4 is 11.6 Å². The first-order valence-corrected chi connectivity index (χ1v) is 4.14. The Morgan fingerprint density at radius 1 is 0.857 bits per heavy atom. The molecule has 0 aliphatic rings. The summed E-state index contributed by atoms with van der Waals surface area (Å²) < 4.78 is 0. The molecule has 0 aliphatic carbocycles. The largest absolute Gasteiger partial charge is 0.298 e. The zero-order valence-electron chi connectivity index (χ0n) is 7.38. The van der Waals surface area contributed by atoms with Crippen LogP contribution in [0, 0.1) is 0 Å². The number of benzene rings is 1. The second-order valence-corrected chi connectivity index (χ2v) is 2.58. The van der Waals surface area contributed by atoms with Crippen LogP contribution >= 0.6 is 0 Å². The van der Waals surface area contributed by atoms with E-state index in [2.05, 4.69) is 25.8 Å². The SMILES string of the molecule is c1ccc(NNc2ncncn2)cc1. The highest BCUT2D eigenvalue weighted by molar-refractivity contribution is 5.46. The predicted octanol–water partition coefficient (Wildman–Crippen LogP) is 1.31. The molecule has 2 N–H and O–H groups in total. The average Bonchev–Trinajstić information content (AvgIpc) is 2.29. The number of aromatic nitrogens is 3. The first-order chi connectivity index (χ1) is 6.95. The lowest BCUT2D eigenvalue weighted by Gasteiger charge is -2.06. The van der Waals surface area contributed by atoms with Crippen molar-refractivity contribution in [2.24, 2.45) is 0 Å². The van der Waals surface area contributed by atoms with Gasteiger partial charge in [-0.15, -0.1) is 0 Å². The summed E-state index contributed by atoms with van der Waals surface area (Å²) >= 11 is 0. The van der Waals surface area contributed by atoms with Gasteiger partial charge in [0.1, 0.15) is 12.7 Å². The molecule has 0 bridgehead atoms. The molecule has 1 aromatic heterocycles. The normalized spacial score (nSPS) is 9.43. The molecule has 0 unspecified atom stereocenters. The Morgan fingerprint density at radius 3 is 2.29 bits per heavy atom. The molecular formula is C9H9N5. The van der Waals surface area contributed by atoms with Gasteiger partial charge in [-0.25, -0.2) is 4.98 Å². The molecule has 0 spiro atoms. The van der Waals surface area contributed by atoms with Gasteiger partial charge in [0.15, 0.2) is 0 Å². The van der Waals surface area contributed by atoms with E-state index in [1.165, 1.54) is 12.7 Å². The topological polar surface area (TPSA) is 62.7 Å². The van der Waals surface area contributed by atoms with Crippen molar-refractivity contribution in [1.29, 1.82) is 0 Å². The molecule has 0 fully saturated rings. The maximum Gasteiger partial charge on any atom is 0.244 e. The van der Waals surface area contributed by atoms with Crippen LogP contribution in [0.2, 0.25) is 0 Å². The Balaban J connectivity index is 1.96. The van der Waals surface area contributed by atoms with Gasteiger partial charge in [-0.05, 0) is 12.1 Å². The highest BCUT2D eigenvalue weighted by Gasteiger charge is 1.91. The lowest BCUT2D eigenvalue weighted by atomic mass is 10.3. The molecular weight excluding hydrogens is 178 g/mol. The van der Waals surface area contributed by atoms with Gasteiger partial charge >= 0.3 is 0 Å². The zero-order chi connectivity index (χ0) is 9.64. The van der Waals surface area contributed by atoms with E-state index in [9.17, 15) is 0 Å². The van der Waals surface area contributed by atoms with Gasteiger partial charge in [0.05, 0.1) is 5.69 Å². The molecule has 5 heteroatoms. The predicted molar refractivity (Wildman–Crippen MR) is 53.5 cm³/mol. The van der Waals surface area contributed by atoms with E-state index in [0.717, 1.165) is 5.69 Å². The van der Waals surface area contributed by atoms with Crippen LogP contribution in [-0.2, 0) is 0 Å². The van der Waals surface area contributed by atoms with Crippen LogP contribution in [0.25, 0.3) is 0 Å². The minimum absolute atomic E-state index is 0.490. The maximum absolute atomic E-state index is 3.90. The third-order valence-corrected chi connectivity index (χ3v) is 1.59. The fourth-order valence-corrected chi connectivity index (χ4v) is 0.953. The van der Waals surface area contributed by atoms with Crippen molar-refractivity contribution in [3.63, 3.8) is 0 Å². The van der Waals surface area contributed by atoms with Gasteiger partial charge in [0.25, 0.3) is 0 Å². The highest BCUT2D eigenvalue weighted by Crippen LogP contribution is 2.04. The second kappa shape index (κ2) is 4.18. The van der Waals surface area contributed by atoms with Gasteiger partial charge in [-0.2, -0.15) is 9.97 Å². The monoisotopic (exact) mass is 187 g/mol. The smallest absolute Gasteiger partial charge is 0.244 e. The Kier molecular flexibility index (Phi) is 2.51. The molecule has 0 amide bonds. The molecule has 0 saturated carbocycles. The number of hydrogen-bond donors (Lipinski definition) is 2. The number of hydrazine groups is 1. The molecule has 1 heterocycles. The van der Waals surface area contributed by atoms with Crippen LogP contribution < -0.4 is 10.9 Å². The van der Waals surface area contributed by atoms with E-state index in [4.69, 9.17) is 0 Å². The summed E-state index contributed by atoms with van der Waals surface area (Å²) in [5.74, 6) is 0.490. The lowest BCUT2D eigenvalue weighted by molar-refractivity contribution is 1.04. The minimum Gasteiger partial charge on any atom is -0.298 e.